The predicted octanol–water partition coefficient (Wildman–Crippen LogP) is 6.66. The Morgan fingerprint density at radius 1 is 1.03 bits per heavy atom. The number of hydrogen-bond donors (Lipinski definition) is 2. The lowest BCUT2D eigenvalue weighted by Gasteiger charge is -2.23. The van der Waals surface area contributed by atoms with Crippen molar-refractivity contribution in [3.05, 3.63) is 88.0 Å². The number of carbonyl (C=O) groups is 2. The average Bonchev–Trinajstić information content (AvgIpc) is 3.17. The van der Waals surface area contributed by atoms with E-state index in [4.69, 9.17) is 9.47 Å². The molecule has 0 aliphatic heterocycles. The summed E-state index contributed by atoms with van der Waals surface area (Å²) in [6.45, 7) is 7.01. The molecule has 1 aromatic heterocycles. The van der Waals surface area contributed by atoms with Crippen molar-refractivity contribution in [2.75, 3.05) is 6.54 Å². The van der Waals surface area contributed by atoms with Gasteiger partial charge in [0.2, 0.25) is 0 Å². The summed E-state index contributed by atoms with van der Waals surface area (Å²) in [5.41, 5.74) is 0.944. The fourth-order valence-corrected chi connectivity index (χ4v) is 5.00. The van der Waals surface area contributed by atoms with Gasteiger partial charge in [-0.3, -0.25) is 4.79 Å². The Balaban J connectivity index is 1.40. The molecule has 8 heteroatoms. The fraction of sp³-hybridized carbons (Fsp3) is 0.241. The van der Waals surface area contributed by atoms with Crippen LogP contribution in [0.15, 0.2) is 60.7 Å². The van der Waals surface area contributed by atoms with Gasteiger partial charge in [-0.15, -0.1) is 11.3 Å². The minimum absolute atomic E-state index is 0.143. The topological polar surface area (TPSA) is 84.9 Å². The first-order valence-electron chi connectivity index (χ1n) is 11.8. The first kappa shape index (κ1) is 26.2. The second kappa shape index (κ2) is 10.6. The molecule has 0 atom stereocenters. The second-order valence-corrected chi connectivity index (χ2v) is 10.4. The van der Waals surface area contributed by atoms with Crippen molar-refractivity contribution < 1.29 is 28.6 Å². The van der Waals surface area contributed by atoms with Crippen LogP contribution in [0.1, 0.15) is 40.2 Å². The average molecular weight is 522 g/mol. The number of aryl methyl sites for hydroxylation is 2. The molecule has 0 fully saturated rings. The van der Waals surface area contributed by atoms with Gasteiger partial charge in [0.1, 0.15) is 23.1 Å². The molecule has 6 nitrogen and oxygen atoms in total. The van der Waals surface area contributed by atoms with Crippen molar-refractivity contribution in [2.45, 2.75) is 39.7 Å². The number of carbonyl (C=O) groups excluding carboxylic acids is 1. The maximum atomic E-state index is 14.3. The number of thiophene rings is 1. The molecule has 1 amide bonds. The number of hydrogen-bond acceptors (Lipinski definition) is 5. The van der Waals surface area contributed by atoms with Crippen LogP contribution < -0.4 is 14.8 Å². The van der Waals surface area contributed by atoms with Crippen LogP contribution in [0.3, 0.4) is 0 Å². The summed E-state index contributed by atoms with van der Waals surface area (Å²) in [6, 6.07) is 17.3. The minimum atomic E-state index is -1.38. The number of aliphatic carboxylic acids is 1. The number of rotatable bonds is 9. The Morgan fingerprint density at radius 2 is 1.78 bits per heavy atom. The monoisotopic (exact) mass is 521 g/mol. The fourth-order valence-electron chi connectivity index (χ4n) is 3.87. The molecule has 2 N–H and O–H groups in total. The van der Waals surface area contributed by atoms with Crippen molar-refractivity contribution in [2.24, 2.45) is 0 Å². The zero-order valence-corrected chi connectivity index (χ0v) is 21.9. The lowest BCUT2D eigenvalue weighted by Crippen LogP contribution is -2.38. The summed E-state index contributed by atoms with van der Waals surface area (Å²) in [7, 11) is 0. The van der Waals surface area contributed by atoms with E-state index in [0.717, 1.165) is 15.6 Å². The van der Waals surface area contributed by atoms with Gasteiger partial charge in [0, 0.05) is 17.3 Å². The van der Waals surface area contributed by atoms with Crippen molar-refractivity contribution >= 4 is 33.3 Å². The largest absolute Gasteiger partial charge is 0.478 e. The maximum Gasteiger partial charge on any atom is 0.347 e. The van der Waals surface area contributed by atoms with Crippen LogP contribution in [0.2, 0.25) is 0 Å². The van der Waals surface area contributed by atoms with Crippen LogP contribution in [-0.4, -0.2) is 29.1 Å². The lowest BCUT2D eigenvalue weighted by atomic mass is 10.1. The zero-order chi connectivity index (χ0) is 26.7. The van der Waals surface area contributed by atoms with E-state index < -0.39 is 17.4 Å². The highest BCUT2D eigenvalue weighted by atomic mass is 32.1. The van der Waals surface area contributed by atoms with Crippen molar-refractivity contribution in [1.82, 2.24) is 5.32 Å². The normalized spacial score (nSPS) is 11.4. The molecule has 0 radical (unpaired) electrons. The summed E-state index contributed by atoms with van der Waals surface area (Å²) in [4.78, 5) is 24.8. The summed E-state index contributed by atoms with van der Waals surface area (Å²) >= 11 is 1.46. The quantitative estimate of drug-likeness (QED) is 0.257. The number of fused-ring (bicyclic) bond motifs is 1. The van der Waals surface area contributed by atoms with Gasteiger partial charge in [-0.25, -0.2) is 9.18 Å². The smallest absolute Gasteiger partial charge is 0.347 e. The molecule has 0 bridgehead atoms. The van der Waals surface area contributed by atoms with E-state index in [9.17, 15) is 19.1 Å². The molecule has 0 spiro atoms. The molecule has 1 heterocycles. The van der Waals surface area contributed by atoms with E-state index in [1.54, 1.807) is 31.2 Å². The third kappa shape index (κ3) is 6.09. The van der Waals surface area contributed by atoms with E-state index >= 15 is 0 Å². The van der Waals surface area contributed by atoms with E-state index in [0.29, 0.717) is 46.2 Å². The highest BCUT2D eigenvalue weighted by Gasteiger charge is 2.30. The van der Waals surface area contributed by atoms with Gasteiger partial charge in [0.25, 0.3) is 5.91 Å². The van der Waals surface area contributed by atoms with Crippen LogP contribution in [0, 0.1) is 19.7 Å². The van der Waals surface area contributed by atoms with E-state index in [1.807, 2.05) is 31.2 Å². The van der Waals surface area contributed by atoms with Gasteiger partial charge >= 0.3 is 5.97 Å². The number of nitrogens with one attached hydrogen (secondary N) is 1. The van der Waals surface area contributed by atoms with Crippen LogP contribution in [0.4, 0.5) is 4.39 Å². The Kier molecular flexibility index (Phi) is 7.50. The SMILES string of the molecule is Cc1cc(Oc2cc(F)cc(CCNC(=O)c3sc4ccccc4c3C)c2)ccc1OC(C)(C)C(=O)O. The summed E-state index contributed by atoms with van der Waals surface area (Å²) in [5.74, 6) is -0.461. The van der Waals surface area contributed by atoms with Gasteiger partial charge in [0.15, 0.2) is 5.60 Å². The van der Waals surface area contributed by atoms with Gasteiger partial charge in [-0.2, -0.15) is 0 Å². The molecule has 4 rings (SSSR count). The molecular weight excluding hydrogens is 493 g/mol. The van der Waals surface area contributed by atoms with Gasteiger partial charge in [-0.05, 0) is 92.6 Å². The van der Waals surface area contributed by atoms with E-state index in [2.05, 4.69) is 5.32 Å². The Morgan fingerprint density at radius 3 is 2.49 bits per heavy atom. The predicted molar refractivity (Wildman–Crippen MR) is 143 cm³/mol. The van der Waals surface area contributed by atoms with E-state index in [1.165, 1.54) is 37.3 Å². The highest BCUT2D eigenvalue weighted by molar-refractivity contribution is 7.21. The molecule has 4 aromatic rings. The number of carboxylic acid groups (broad SMARTS) is 1. The van der Waals surface area contributed by atoms with Crippen LogP contribution in [0.5, 0.6) is 17.2 Å². The minimum Gasteiger partial charge on any atom is -0.478 e. The summed E-state index contributed by atoms with van der Waals surface area (Å²) in [6.07, 6.45) is 0.430. The number of ether oxygens (including phenoxy) is 2. The Bertz CT molecular complexity index is 1480. The lowest BCUT2D eigenvalue weighted by molar-refractivity contribution is -0.152. The van der Waals surface area contributed by atoms with Crippen LogP contribution >= 0.6 is 11.3 Å². The standard InChI is InChI=1S/C29H28FNO5S/c1-17-13-21(9-10-24(17)36-29(3,4)28(33)34)35-22-15-19(14-20(30)16-22)11-12-31-27(32)26-18(2)23-7-5-6-8-25(23)37-26/h5-10,13-16H,11-12H2,1-4H3,(H,31,32)(H,33,34). The third-order valence-corrected chi connectivity index (χ3v) is 7.21. The van der Waals surface area contributed by atoms with Crippen molar-refractivity contribution in [3.8, 4) is 17.2 Å². The van der Waals surface area contributed by atoms with E-state index in [-0.39, 0.29) is 5.91 Å². The van der Waals surface area contributed by atoms with Gasteiger partial charge in [-0.1, -0.05) is 18.2 Å². The number of carboxylic acids is 1. The zero-order valence-electron chi connectivity index (χ0n) is 21.1. The van der Waals surface area contributed by atoms with Crippen LogP contribution in [0.25, 0.3) is 10.1 Å². The summed E-state index contributed by atoms with van der Waals surface area (Å²) < 4.78 is 26.9. The third-order valence-electron chi connectivity index (χ3n) is 5.94. The molecule has 0 saturated carbocycles. The van der Waals surface area contributed by atoms with Crippen molar-refractivity contribution in [1.29, 1.82) is 0 Å². The molecule has 0 aliphatic carbocycles. The van der Waals surface area contributed by atoms with Crippen LogP contribution in [-0.2, 0) is 11.2 Å². The molecule has 37 heavy (non-hydrogen) atoms. The first-order chi connectivity index (χ1) is 17.5. The molecule has 192 valence electrons. The first-order valence-corrected chi connectivity index (χ1v) is 12.6. The van der Waals surface area contributed by atoms with Crippen molar-refractivity contribution in [3.63, 3.8) is 0 Å². The Hall–Kier alpha value is -3.91. The number of benzene rings is 3. The maximum absolute atomic E-state index is 14.3. The Labute approximate surface area is 218 Å². The number of halogens is 1. The molecule has 0 aliphatic rings. The molecule has 0 saturated heterocycles. The van der Waals surface area contributed by atoms with Gasteiger partial charge in [0.05, 0.1) is 4.88 Å². The molecule has 3 aromatic carbocycles. The molecular formula is C29H28FNO5S. The molecule has 0 unspecified atom stereocenters. The number of amides is 1. The second-order valence-electron chi connectivity index (χ2n) is 9.30. The van der Waals surface area contributed by atoms with Gasteiger partial charge < -0.3 is 19.9 Å². The summed E-state index contributed by atoms with van der Waals surface area (Å²) in [5, 5.41) is 13.3. The highest BCUT2D eigenvalue weighted by Crippen LogP contribution is 2.31.